The van der Waals surface area contributed by atoms with Crippen LogP contribution in [0.3, 0.4) is 0 Å². The van der Waals surface area contributed by atoms with Crippen molar-refractivity contribution in [2.24, 2.45) is 0 Å². The second kappa shape index (κ2) is 5.83. The van der Waals surface area contributed by atoms with E-state index in [9.17, 15) is 0 Å². The van der Waals surface area contributed by atoms with Gasteiger partial charge in [-0.3, -0.25) is 0 Å². The number of nitrogens with zero attached hydrogens (tertiary/aromatic N) is 2. The van der Waals surface area contributed by atoms with Gasteiger partial charge in [-0.25, -0.2) is 9.97 Å². The summed E-state index contributed by atoms with van der Waals surface area (Å²) in [5.74, 6) is 6.11. The van der Waals surface area contributed by atoms with Gasteiger partial charge in [0.15, 0.2) is 0 Å². The predicted octanol–water partition coefficient (Wildman–Crippen LogP) is 2.58. The Hall–Kier alpha value is -2.34. The Bertz CT molecular complexity index is 579. The molecule has 2 rings (SSSR count). The molecular weight excluding hydrogens is 224 g/mol. The Morgan fingerprint density at radius 3 is 2.50 bits per heavy atom. The molecule has 0 amide bonds. The summed E-state index contributed by atoms with van der Waals surface area (Å²) >= 11 is 0. The van der Waals surface area contributed by atoms with E-state index in [-0.39, 0.29) is 0 Å². The van der Waals surface area contributed by atoms with E-state index in [0.29, 0.717) is 12.6 Å². The van der Waals surface area contributed by atoms with Gasteiger partial charge in [-0.1, -0.05) is 24.0 Å². The number of aryl methyl sites for hydroxylation is 1. The van der Waals surface area contributed by atoms with Gasteiger partial charge in [-0.05, 0) is 31.5 Å². The summed E-state index contributed by atoms with van der Waals surface area (Å²) < 4.78 is 5.17. The fraction of sp³-hybridized carbons (Fsp3) is 0.200. The van der Waals surface area contributed by atoms with Crippen LogP contribution >= 0.6 is 0 Å². The standard InChI is InChI=1S/C15H14N2O/c1-3-18-15-16-10-14(11-17-15)8-7-13-6-4-5-12(2)9-13/h4-6,9-11H,3H2,1-2H3. The van der Waals surface area contributed by atoms with E-state index in [1.807, 2.05) is 38.1 Å². The van der Waals surface area contributed by atoms with Crippen molar-refractivity contribution in [3.63, 3.8) is 0 Å². The fourth-order valence-electron chi connectivity index (χ4n) is 1.45. The number of hydrogen-bond donors (Lipinski definition) is 0. The number of aromatic nitrogens is 2. The molecular formula is C15H14N2O. The Labute approximate surface area is 107 Å². The van der Waals surface area contributed by atoms with E-state index in [0.717, 1.165) is 11.1 Å². The predicted molar refractivity (Wildman–Crippen MR) is 70.4 cm³/mol. The van der Waals surface area contributed by atoms with Crippen molar-refractivity contribution in [1.82, 2.24) is 9.97 Å². The van der Waals surface area contributed by atoms with Crippen molar-refractivity contribution in [3.05, 3.63) is 53.3 Å². The minimum absolute atomic E-state index is 0.388. The van der Waals surface area contributed by atoms with Crippen molar-refractivity contribution in [2.45, 2.75) is 13.8 Å². The molecule has 3 heteroatoms. The molecule has 0 N–H and O–H groups in total. The maximum atomic E-state index is 5.17. The van der Waals surface area contributed by atoms with Gasteiger partial charge in [0, 0.05) is 18.0 Å². The first-order valence-corrected chi connectivity index (χ1v) is 5.81. The number of benzene rings is 1. The van der Waals surface area contributed by atoms with Crippen molar-refractivity contribution in [3.8, 4) is 17.9 Å². The van der Waals surface area contributed by atoms with E-state index in [4.69, 9.17) is 4.74 Å². The van der Waals surface area contributed by atoms with Gasteiger partial charge in [-0.2, -0.15) is 0 Å². The molecule has 0 saturated heterocycles. The number of hydrogen-bond acceptors (Lipinski definition) is 3. The van der Waals surface area contributed by atoms with Crippen LogP contribution < -0.4 is 4.74 Å². The van der Waals surface area contributed by atoms with Crippen LogP contribution in [0, 0.1) is 18.8 Å². The summed E-state index contributed by atoms with van der Waals surface area (Å²) in [7, 11) is 0. The van der Waals surface area contributed by atoms with Crippen LogP contribution in [0.1, 0.15) is 23.6 Å². The number of ether oxygens (including phenoxy) is 1. The molecule has 0 aliphatic carbocycles. The molecule has 2 aromatic rings. The first kappa shape index (κ1) is 12.1. The Balaban J connectivity index is 2.14. The normalized spacial score (nSPS) is 9.44. The van der Waals surface area contributed by atoms with Crippen LogP contribution in [0.5, 0.6) is 6.01 Å². The van der Waals surface area contributed by atoms with E-state index >= 15 is 0 Å². The van der Waals surface area contributed by atoms with Crippen molar-refractivity contribution >= 4 is 0 Å². The third kappa shape index (κ3) is 3.33. The molecule has 0 atom stereocenters. The van der Waals surface area contributed by atoms with E-state index in [2.05, 4.69) is 21.8 Å². The minimum Gasteiger partial charge on any atom is -0.464 e. The van der Waals surface area contributed by atoms with Gasteiger partial charge in [0.2, 0.25) is 0 Å². The molecule has 0 bridgehead atoms. The minimum atomic E-state index is 0.388. The molecule has 0 spiro atoms. The topological polar surface area (TPSA) is 35.0 Å². The third-order valence-electron chi connectivity index (χ3n) is 2.27. The molecule has 0 aliphatic heterocycles. The van der Waals surface area contributed by atoms with Crippen LogP contribution in [-0.2, 0) is 0 Å². The quantitative estimate of drug-likeness (QED) is 0.754. The molecule has 0 fully saturated rings. The molecule has 0 aliphatic rings. The fourth-order valence-corrected chi connectivity index (χ4v) is 1.45. The summed E-state index contributed by atoms with van der Waals surface area (Å²) in [4.78, 5) is 8.12. The van der Waals surface area contributed by atoms with Gasteiger partial charge >= 0.3 is 6.01 Å². The average molecular weight is 238 g/mol. The van der Waals surface area contributed by atoms with Crippen molar-refractivity contribution in [1.29, 1.82) is 0 Å². The monoisotopic (exact) mass is 238 g/mol. The number of rotatable bonds is 2. The third-order valence-corrected chi connectivity index (χ3v) is 2.27. The molecule has 0 radical (unpaired) electrons. The molecule has 1 aromatic carbocycles. The molecule has 90 valence electrons. The highest BCUT2D eigenvalue weighted by molar-refractivity contribution is 5.42. The lowest BCUT2D eigenvalue weighted by molar-refractivity contribution is 0.312. The maximum absolute atomic E-state index is 5.17. The van der Waals surface area contributed by atoms with Crippen LogP contribution in [0.4, 0.5) is 0 Å². The van der Waals surface area contributed by atoms with E-state index < -0.39 is 0 Å². The summed E-state index contributed by atoms with van der Waals surface area (Å²) in [6.07, 6.45) is 3.33. The smallest absolute Gasteiger partial charge is 0.316 e. The Kier molecular flexibility index (Phi) is 3.93. The zero-order valence-electron chi connectivity index (χ0n) is 10.5. The van der Waals surface area contributed by atoms with Crippen molar-refractivity contribution < 1.29 is 4.74 Å². The maximum Gasteiger partial charge on any atom is 0.316 e. The summed E-state index contributed by atoms with van der Waals surface area (Å²) in [6.45, 7) is 4.51. The van der Waals surface area contributed by atoms with Crippen molar-refractivity contribution in [2.75, 3.05) is 6.61 Å². The molecule has 1 aromatic heterocycles. The largest absolute Gasteiger partial charge is 0.464 e. The zero-order valence-corrected chi connectivity index (χ0v) is 10.5. The Morgan fingerprint density at radius 2 is 1.83 bits per heavy atom. The van der Waals surface area contributed by atoms with Crippen LogP contribution in [-0.4, -0.2) is 16.6 Å². The van der Waals surface area contributed by atoms with Gasteiger partial charge in [0.25, 0.3) is 0 Å². The SMILES string of the molecule is CCOc1ncc(C#Cc2cccc(C)c2)cn1. The highest BCUT2D eigenvalue weighted by atomic mass is 16.5. The first-order valence-electron chi connectivity index (χ1n) is 5.81. The lowest BCUT2D eigenvalue weighted by Gasteiger charge is -1.98. The summed E-state index contributed by atoms with van der Waals surface area (Å²) in [5.41, 5.74) is 2.97. The average Bonchev–Trinajstić information content (AvgIpc) is 2.38. The molecule has 18 heavy (non-hydrogen) atoms. The molecule has 3 nitrogen and oxygen atoms in total. The summed E-state index contributed by atoms with van der Waals surface area (Å²) in [5, 5.41) is 0. The van der Waals surface area contributed by atoms with Crippen LogP contribution in [0.15, 0.2) is 36.7 Å². The van der Waals surface area contributed by atoms with Gasteiger partial charge in [-0.15, -0.1) is 0 Å². The van der Waals surface area contributed by atoms with Gasteiger partial charge in [0.1, 0.15) is 0 Å². The first-order chi connectivity index (χ1) is 8.78. The van der Waals surface area contributed by atoms with Crippen LogP contribution in [0.25, 0.3) is 0 Å². The lowest BCUT2D eigenvalue weighted by atomic mass is 10.1. The highest BCUT2D eigenvalue weighted by Crippen LogP contribution is 2.04. The molecule has 1 heterocycles. The molecule has 0 unspecified atom stereocenters. The second-order valence-corrected chi connectivity index (χ2v) is 3.81. The van der Waals surface area contributed by atoms with E-state index in [1.54, 1.807) is 12.4 Å². The highest BCUT2D eigenvalue weighted by Gasteiger charge is 1.94. The summed E-state index contributed by atoms with van der Waals surface area (Å²) in [6, 6.07) is 8.45. The Morgan fingerprint density at radius 1 is 1.11 bits per heavy atom. The zero-order chi connectivity index (χ0) is 12.8. The van der Waals surface area contributed by atoms with Crippen LogP contribution in [0.2, 0.25) is 0 Å². The second-order valence-electron chi connectivity index (χ2n) is 3.81. The van der Waals surface area contributed by atoms with E-state index in [1.165, 1.54) is 5.56 Å². The molecule has 0 saturated carbocycles. The van der Waals surface area contributed by atoms with Gasteiger partial charge < -0.3 is 4.74 Å². The van der Waals surface area contributed by atoms with Gasteiger partial charge in [0.05, 0.1) is 12.2 Å². The lowest BCUT2D eigenvalue weighted by Crippen LogP contribution is -1.96.